The van der Waals surface area contributed by atoms with E-state index in [0.717, 1.165) is 0 Å². The number of carbonyl (C=O) groups excluding carboxylic acids is 4. The zero-order valence-electron chi connectivity index (χ0n) is 31.5. The topological polar surface area (TPSA) is 153 Å². The van der Waals surface area contributed by atoms with Gasteiger partial charge in [-0.25, -0.2) is 9.59 Å². The number of unbranched alkanes of at least 4 members (excludes halogenated alkanes) is 1. The molecule has 2 atom stereocenters. The number of rotatable bonds is 19. The molecule has 0 aliphatic heterocycles. The van der Waals surface area contributed by atoms with Crippen LogP contribution in [0.5, 0.6) is 0 Å². The van der Waals surface area contributed by atoms with Gasteiger partial charge in [-0.1, -0.05) is 150 Å². The van der Waals surface area contributed by atoms with Gasteiger partial charge in [0.1, 0.15) is 23.3 Å². The third-order valence-corrected chi connectivity index (χ3v) is 8.45. The number of nitriles is 2. The van der Waals surface area contributed by atoms with Crippen molar-refractivity contribution in [3.63, 3.8) is 0 Å². The fourth-order valence-corrected chi connectivity index (χ4v) is 5.57. The lowest BCUT2D eigenvalue weighted by molar-refractivity contribution is -0.149. The second-order valence-electron chi connectivity index (χ2n) is 13.2. The molecule has 10 nitrogen and oxygen atoms in total. The summed E-state index contributed by atoms with van der Waals surface area (Å²) >= 11 is 0. The van der Waals surface area contributed by atoms with Gasteiger partial charge in [-0.3, -0.25) is 9.59 Å². The van der Waals surface area contributed by atoms with Crippen molar-refractivity contribution in [2.45, 2.75) is 54.4 Å². The summed E-state index contributed by atoms with van der Waals surface area (Å²) in [6.45, 7) is 3.42. The Hall–Kier alpha value is -6.78. The van der Waals surface area contributed by atoms with Crippen LogP contribution in [-0.4, -0.2) is 50.3 Å². The molecule has 2 unspecified atom stereocenters. The SMILES string of the molecule is C.C.CC(COC(=O)CCCCC(=O)OCC(C)COC(=O)C(C#N)=C(c1ccccc1)c1ccccc1)COC(=O)C(C#N)=C(c1ccccc1)c1ccccc1. The van der Waals surface area contributed by atoms with Gasteiger partial charge in [0.2, 0.25) is 0 Å². The first-order valence-corrected chi connectivity index (χ1v) is 18.4. The zero-order chi connectivity index (χ0) is 40.1. The van der Waals surface area contributed by atoms with Crippen molar-refractivity contribution in [1.29, 1.82) is 10.5 Å². The first-order valence-electron chi connectivity index (χ1n) is 18.4. The van der Waals surface area contributed by atoms with Gasteiger partial charge in [0.05, 0.1) is 26.4 Å². The smallest absolute Gasteiger partial charge is 0.349 e. The van der Waals surface area contributed by atoms with Crippen LogP contribution >= 0.6 is 0 Å². The molecule has 4 rings (SSSR count). The Morgan fingerprint density at radius 3 is 0.983 bits per heavy atom. The normalized spacial score (nSPS) is 11.0. The fourth-order valence-electron chi connectivity index (χ4n) is 5.57. The van der Waals surface area contributed by atoms with Crippen LogP contribution in [0.25, 0.3) is 11.1 Å². The highest BCUT2D eigenvalue weighted by atomic mass is 16.6. The number of hydrogen-bond acceptors (Lipinski definition) is 10. The van der Waals surface area contributed by atoms with Crippen molar-refractivity contribution >= 4 is 35.0 Å². The van der Waals surface area contributed by atoms with E-state index in [-0.39, 0.29) is 77.1 Å². The van der Waals surface area contributed by atoms with E-state index in [1.807, 2.05) is 133 Å². The molecule has 0 saturated heterocycles. The van der Waals surface area contributed by atoms with Gasteiger partial charge in [0.15, 0.2) is 0 Å². The van der Waals surface area contributed by atoms with E-state index in [9.17, 15) is 29.7 Å². The zero-order valence-corrected chi connectivity index (χ0v) is 31.5. The molecule has 302 valence electrons. The van der Waals surface area contributed by atoms with Gasteiger partial charge >= 0.3 is 23.9 Å². The third kappa shape index (κ3) is 14.7. The van der Waals surface area contributed by atoms with Crippen LogP contribution in [-0.2, 0) is 38.1 Å². The van der Waals surface area contributed by atoms with Gasteiger partial charge in [-0.2, -0.15) is 10.5 Å². The van der Waals surface area contributed by atoms with E-state index < -0.39 is 23.9 Å². The predicted molar refractivity (Wildman–Crippen MR) is 223 cm³/mol. The summed E-state index contributed by atoms with van der Waals surface area (Å²) in [5.41, 5.74) is 3.51. The second kappa shape index (κ2) is 25.4. The number of benzene rings is 4. The fraction of sp³-hybridized carbons (Fsp3) is 0.292. The molecule has 0 aliphatic rings. The van der Waals surface area contributed by atoms with Crippen molar-refractivity contribution in [2.75, 3.05) is 26.4 Å². The molecule has 0 saturated carbocycles. The molecular weight excluding hydrogens is 733 g/mol. The van der Waals surface area contributed by atoms with Crippen molar-refractivity contribution in [2.24, 2.45) is 11.8 Å². The molecule has 0 heterocycles. The molecule has 0 bridgehead atoms. The summed E-state index contributed by atoms with van der Waals surface area (Å²) in [4.78, 5) is 50.8. The van der Waals surface area contributed by atoms with Crippen LogP contribution in [0.2, 0.25) is 0 Å². The van der Waals surface area contributed by atoms with E-state index in [1.165, 1.54) is 0 Å². The van der Waals surface area contributed by atoms with Gasteiger partial charge in [0, 0.05) is 35.8 Å². The average molecular weight is 785 g/mol. The Labute approximate surface area is 342 Å². The maximum Gasteiger partial charge on any atom is 0.349 e. The number of ether oxygens (including phenoxy) is 4. The van der Waals surface area contributed by atoms with Crippen molar-refractivity contribution in [3.05, 3.63) is 155 Å². The highest BCUT2D eigenvalue weighted by Gasteiger charge is 2.23. The molecule has 0 aromatic heterocycles. The van der Waals surface area contributed by atoms with Crippen molar-refractivity contribution < 1.29 is 38.1 Å². The minimum atomic E-state index is -0.766. The monoisotopic (exact) mass is 784 g/mol. The molecule has 4 aromatic rings. The molecule has 0 aliphatic carbocycles. The lowest BCUT2D eigenvalue weighted by atomic mass is 9.93. The van der Waals surface area contributed by atoms with E-state index in [2.05, 4.69) is 0 Å². The number of hydrogen-bond donors (Lipinski definition) is 0. The summed E-state index contributed by atoms with van der Waals surface area (Å²) < 4.78 is 21.6. The Bertz CT molecular complexity index is 1830. The Kier molecular flexibility index (Phi) is 20.7. The van der Waals surface area contributed by atoms with E-state index >= 15 is 0 Å². The maximum atomic E-state index is 13.0. The minimum Gasteiger partial charge on any atom is -0.465 e. The first kappa shape index (κ1) is 47.4. The molecule has 58 heavy (non-hydrogen) atoms. The van der Waals surface area contributed by atoms with E-state index in [4.69, 9.17) is 18.9 Å². The van der Waals surface area contributed by atoms with Crippen LogP contribution in [0, 0.1) is 34.5 Å². The largest absolute Gasteiger partial charge is 0.465 e. The average Bonchev–Trinajstić information content (AvgIpc) is 3.24. The number of esters is 4. The van der Waals surface area contributed by atoms with E-state index in [1.54, 1.807) is 13.8 Å². The Morgan fingerprint density at radius 1 is 0.466 bits per heavy atom. The molecule has 10 heteroatoms. The highest BCUT2D eigenvalue weighted by Crippen LogP contribution is 2.29. The summed E-state index contributed by atoms with van der Waals surface area (Å²) in [6, 6.07) is 40.6. The lowest BCUT2D eigenvalue weighted by Crippen LogP contribution is -2.20. The minimum absolute atomic E-state index is 0. The summed E-state index contributed by atoms with van der Waals surface area (Å²) in [7, 11) is 0. The quantitative estimate of drug-likeness (QED) is 0.0296. The van der Waals surface area contributed by atoms with Crippen molar-refractivity contribution in [1.82, 2.24) is 0 Å². The standard InChI is InChI=1S/C46H44N2O8.2CH4/c1-33(31-55-45(51)39(27-47)43(35-17-7-3-8-18-35)36-19-9-4-10-20-36)29-53-41(49)25-15-16-26-42(50)54-30-34(2)32-56-46(52)40(28-48)44(37-21-11-5-12-22-37)38-23-13-6-14-24-38;;/h3-14,17-24,33-34H,15-16,25-26,29-32H2,1-2H3;2*1H4. The van der Waals surface area contributed by atoms with Gasteiger partial charge in [-0.05, 0) is 35.1 Å². The molecule has 4 aromatic carbocycles. The second-order valence-corrected chi connectivity index (χ2v) is 13.2. The first-order chi connectivity index (χ1) is 27.2. The van der Waals surface area contributed by atoms with Crippen LogP contribution in [0.15, 0.2) is 132 Å². The van der Waals surface area contributed by atoms with E-state index in [0.29, 0.717) is 46.2 Å². The molecular formula is C48H52N2O8. The highest BCUT2D eigenvalue weighted by molar-refractivity contribution is 6.06. The molecule has 0 N–H and O–H groups in total. The number of nitrogens with zero attached hydrogens (tertiary/aromatic N) is 2. The van der Waals surface area contributed by atoms with Gasteiger partial charge in [0.25, 0.3) is 0 Å². The summed E-state index contributed by atoms with van der Waals surface area (Å²) in [5, 5.41) is 19.9. The van der Waals surface area contributed by atoms with Gasteiger partial charge in [-0.15, -0.1) is 0 Å². The Morgan fingerprint density at radius 2 is 0.724 bits per heavy atom. The van der Waals surface area contributed by atoms with Crippen LogP contribution in [0.4, 0.5) is 0 Å². The molecule has 0 spiro atoms. The molecule has 0 radical (unpaired) electrons. The van der Waals surface area contributed by atoms with Crippen LogP contribution in [0.1, 0.15) is 76.6 Å². The Balaban J connectivity index is 0.00000580. The third-order valence-electron chi connectivity index (χ3n) is 8.45. The molecule has 0 amide bonds. The lowest BCUT2D eigenvalue weighted by Gasteiger charge is -2.15. The van der Waals surface area contributed by atoms with Crippen LogP contribution in [0.3, 0.4) is 0 Å². The molecule has 0 fully saturated rings. The van der Waals surface area contributed by atoms with Crippen LogP contribution < -0.4 is 0 Å². The summed E-state index contributed by atoms with van der Waals surface area (Å²) in [6.07, 6.45) is 0.981. The maximum absolute atomic E-state index is 13.0. The summed E-state index contributed by atoms with van der Waals surface area (Å²) in [5.74, 6) is -3.09. The van der Waals surface area contributed by atoms with Gasteiger partial charge < -0.3 is 18.9 Å². The van der Waals surface area contributed by atoms with Crippen molar-refractivity contribution in [3.8, 4) is 12.1 Å². The number of carbonyl (C=O) groups is 4. The predicted octanol–water partition coefficient (Wildman–Crippen LogP) is 9.32.